The fourth-order valence-corrected chi connectivity index (χ4v) is 3.54. The van der Waals surface area contributed by atoms with Crippen LogP contribution in [0.25, 0.3) is 0 Å². The number of rotatable bonds is 3. The predicted octanol–water partition coefficient (Wildman–Crippen LogP) is 4.87. The summed E-state index contributed by atoms with van der Waals surface area (Å²) in [4.78, 5) is 16.2. The first kappa shape index (κ1) is 17.8. The van der Waals surface area contributed by atoms with Gasteiger partial charge in [-0.2, -0.15) is 0 Å². The lowest BCUT2D eigenvalue weighted by Gasteiger charge is -2.43. The van der Waals surface area contributed by atoms with Crippen LogP contribution in [0.3, 0.4) is 0 Å². The Morgan fingerprint density at radius 1 is 1.12 bits per heavy atom. The second-order valence-corrected chi connectivity index (χ2v) is 7.41. The second-order valence-electron chi connectivity index (χ2n) is 6.98. The van der Waals surface area contributed by atoms with Crippen LogP contribution in [0.1, 0.15) is 43.9 Å². The molecule has 2 aromatic rings. The number of nitrogens with zero attached hydrogens (tertiary/aromatic N) is 2. The van der Waals surface area contributed by atoms with E-state index in [0.717, 1.165) is 18.1 Å². The highest BCUT2D eigenvalue weighted by molar-refractivity contribution is 6.30. The normalized spacial score (nSPS) is 17.9. The fraction of sp³-hybridized carbons (Fsp3) is 0.381. The van der Waals surface area contributed by atoms with Crippen molar-refractivity contribution in [1.29, 1.82) is 0 Å². The van der Waals surface area contributed by atoms with Crippen LogP contribution in [-0.4, -0.2) is 30.4 Å². The van der Waals surface area contributed by atoms with Gasteiger partial charge in [0, 0.05) is 37.3 Å². The van der Waals surface area contributed by atoms with Gasteiger partial charge >= 0.3 is 0 Å². The number of carbonyl (C=O) groups is 1. The molecule has 1 unspecified atom stereocenters. The van der Waals surface area contributed by atoms with Gasteiger partial charge in [-0.05, 0) is 41.3 Å². The highest BCUT2D eigenvalue weighted by Gasteiger charge is 2.29. The van der Waals surface area contributed by atoms with E-state index in [-0.39, 0.29) is 11.9 Å². The molecular weight excluding hydrogens is 332 g/mol. The molecule has 0 aromatic heterocycles. The van der Waals surface area contributed by atoms with E-state index in [0.29, 0.717) is 12.5 Å². The average molecular weight is 357 g/mol. The van der Waals surface area contributed by atoms with E-state index < -0.39 is 0 Å². The molecule has 0 bridgehead atoms. The minimum Gasteiger partial charge on any atom is -0.361 e. The monoisotopic (exact) mass is 356 g/mol. The van der Waals surface area contributed by atoms with Gasteiger partial charge in [-0.15, -0.1) is 0 Å². The molecule has 25 heavy (non-hydrogen) atoms. The van der Waals surface area contributed by atoms with Gasteiger partial charge in [0.1, 0.15) is 0 Å². The van der Waals surface area contributed by atoms with Crippen molar-refractivity contribution in [3.63, 3.8) is 0 Å². The summed E-state index contributed by atoms with van der Waals surface area (Å²) >= 11 is 6.06. The van der Waals surface area contributed by atoms with Crippen molar-refractivity contribution in [1.82, 2.24) is 4.90 Å². The smallest absolute Gasteiger partial charge is 0.219 e. The summed E-state index contributed by atoms with van der Waals surface area (Å²) in [5.74, 6) is 0.627. The molecular formula is C21H25ClN2O. The van der Waals surface area contributed by atoms with E-state index in [1.165, 1.54) is 16.8 Å². The Bertz CT molecular complexity index is 742. The molecule has 2 aromatic carbocycles. The number of hydrogen-bond donors (Lipinski definition) is 0. The summed E-state index contributed by atoms with van der Waals surface area (Å²) in [5, 5.41) is 0.733. The van der Waals surface area contributed by atoms with Crippen molar-refractivity contribution in [2.45, 2.75) is 32.7 Å². The Balaban J connectivity index is 1.96. The Kier molecular flexibility index (Phi) is 5.33. The third-order valence-corrected chi connectivity index (χ3v) is 5.20. The zero-order chi connectivity index (χ0) is 18.0. The van der Waals surface area contributed by atoms with Crippen molar-refractivity contribution in [2.75, 3.05) is 24.5 Å². The molecule has 1 amide bonds. The van der Waals surface area contributed by atoms with Crippen LogP contribution in [0, 0.1) is 0 Å². The molecule has 0 radical (unpaired) electrons. The molecule has 132 valence electrons. The predicted molar refractivity (Wildman–Crippen MR) is 104 cm³/mol. The third kappa shape index (κ3) is 3.98. The number of amides is 1. The molecule has 3 nitrogen and oxygen atoms in total. The number of piperazine rings is 1. The van der Waals surface area contributed by atoms with Crippen molar-refractivity contribution >= 4 is 23.2 Å². The molecule has 0 spiro atoms. The summed E-state index contributed by atoms with van der Waals surface area (Å²) in [6, 6.07) is 16.9. The molecule has 0 aliphatic carbocycles. The summed E-state index contributed by atoms with van der Waals surface area (Å²) in [6.07, 6.45) is 0. The van der Waals surface area contributed by atoms with Crippen LogP contribution in [-0.2, 0) is 4.79 Å². The van der Waals surface area contributed by atoms with Crippen LogP contribution >= 0.6 is 11.6 Å². The van der Waals surface area contributed by atoms with Gasteiger partial charge in [-0.3, -0.25) is 4.79 Å². The molecule has 0 N–H and O–H groups in total. The Hall–Kier alpha value is -2.00. The molecule has 1 aliphatic rings. The lowest BCUT2D eigenvalue weighted by molar-refractivity contribution is -0.129. The van der Waals surface area contributed by atoms with Gasteiger partial charge in [-0.25, -0.2) is 0 Å². The molecule has 1 heterocycles. The molecule has 1 fully saturated rings. The lowest BCUT2D eigenvalue weighted by Crippen LogP contribution is -2.50. The highest BCUT2D eigenvalue weighted by Crippen LogP contribution is 2.32. The quantitative estimate of drug-likeness (QED) is 0.783. The van der Waals surface area contributed by atoms with E-state index in [9.17, 15) is 4.79 Å². The molecule has 3 rings (SSSR count). The Morgan fingerprint density at radius 3 is 2.48 bits per heavy atom. The standard InChI is InChI=1S/C21H25ClN2O/c1-15(2)18-5-4-6-20(13-18)24-12-11-23(16(3)25)14-21(24)17-7-9-19(22)10-8-17/h4-10,13,15,21H,11-12,14H2,1-3H3. The number of carbonyl (C=O) groups excluding carboxylic acids is 1. The average Bonchev–Trinajstić information content (AvgIpc) is 2.62. The van der Waals surface area contributed by atoms with Crippen molar-refractivity contribution in [3.8, 4) is 0 Å². The fourth-order valence-electron chi connectivity index (χ4n) is 3.41. The SMILES string of the molecule is CC(=O)N1CCN(c2cccc(C(C)C)c2)C(c2ccc(Cl)cc2)C1. The molecule has 0 saturated carbocycles. The van der Waals surface area contributed by atoms with E-state index in [1.807, 2.05) is 17.0 Å². The number of benzene rings is 2. The van der Waals surface area contributed by atoms with Crippen LogP contribution in [0.15, 0.2) is 48.5 Å². The maximum atomic E-state index is 11.9. The summed E-state index contributed by atoms with van der Waals surface area (Å²) in [5.41, 5.74) is 3.74. The van der Waals surface area contributed by atoms with Gasteiger partial charge in [0.25, 0.3) is 0 Å². The largest absolute Gasteiger partial charge is 0.361 e. The van der Waals surface area contributed by atoms with Crippen LogP contribution in [0.4, 0.5) is 5.69 Å². The topological polar surface area (TPSA) is 23.6 Å². The van der Waals surface area contributed by atoms with Crippen molar-refractivity contribution in [3.05, 3.63) is 64.7 Å². The van der Waals surface area contributed by atoms with Crippen LogP contribution in [0.2, 0.25) is 5.02 Å². The molecule has 1 saturated heterocycles. The van der Waals surface area contributed by atoms with E-state index in [4.69, 9.17) is 11.6 Å². The summed E-state index contributed by atoms with van der Waals surface area (Å²) in [7, 11) is 0. The Morgan fingerprint density at radius 2 is 1.84 bits per heavy atom. The van der Waals surface area contributed by atoms with E-state index in [1.54, 1.807) is 6.92 Å². The third-order valence-electron chi connectivity index (χ3n) is 4.95. The van der Waals surface area contributed by atoms with Gasteiger partial charge in [0.15, 0.2) is 0 Å². The van der Waals surface area contributed by atoms with Crippen LogP contribution < -0.4 is 4.90 Å². The number of anilines is 1. The summed E-state index contributed by atoms with van der Waals surface area (Å²) < 4.78 is 0. The molecule has 1 atom stereocenters. The van der Waals surface area contributed by atoms with Crippen LogP contribution in [0.5, 0.6) is 0 Å². The maximum absolute atomic E-state index is 11.9. The van der Waals surface area contributed by atoms with Crippen molar-refractivity contribution < 1.29 is 4.79 Å². The number of hydrogen-bond acceptors (Lipinski definition) is 2. The lowest BCUT2D eigenvalue weighted by atomic mass is 9.98. The first-order valence-corrected chi connectivity index (χ1v) is 9.21. The molecule has 1 aliphatic heterocycles. The van der Waals surface area contributed by atoms with E-state index in [2.05, 4.69) is 55.1 Å². The highest BCUT2D eigenvalue weighted by atomic mass is 35.5. The second kappa shape index (κ2) is 7.49. The van der Waals surface area contributed by atoms with E-state index >= 15 is 0 Å². The number of halogens is 1. The first-order valence-electron chi connectivity index (χ1n) is 8.83. The van der Waals surface area contributed by atoms with Gasteiger partial charge < -0.3 is 9.80 Å². The van der Waals surface area contributed by atoms with Gasteiger partial charge in [-0.1, -0.05) is 49.7 Å². The first-order chi connectivity index (χ1) is 12.0. The Labute approximate surface area is 155 Å². The summed E-state index contributed by atoms with van der Waals surface area (Å²) in [6.45, 7) is 8.35. The maximum Gasteiger partial charge on any atom is 0.219 e. The van der Waals surface area contributed by atoms with Gasteiger partial charge in [0.2, 0.25) is 5.91 Å². The molecule has 4 heteroatoms. The zero-order valence-electron chi connectivity index (χ0n) is 15.1. The minimum absolute atomic E-state index is 0.134. The zero-order valence-corrected chi connectivity index (χ0v) is 15.8. The van der Waals surface area contributed by atoms with Gasteiger partial charge in [0.05, 0.1) is 6.04 Å². The van der Waals surface area contributed by atoms with Crippen molar-refractivity contribution in [2.24, 2.45) is 0 Å². The minimum atomic E-state index is 0.134.